The minimum absolute atomic E-state index is 0.0498. The van der Waals surface area contributed by atoms with Crippen LogP contribution in [0.1, 0.15) is 24.8 Å². The highest BCUT2D eigenvalue weighted by Crippen LogP contribution is 2.15. The number of primary amides is 1. The van der Waals surface area contributed by atoms with Crippen LogP contribution in [0.2, 0.25) is 0 Å². The molecule has 6 nitrogen and oxygen atoms in total. The summed E-state index contributed by atoms with van der Waals surface area (Å²) in [6, 6.07) is 14.1. The minimum Gasteiger partial charge on any atom is -0.494 e. The number of ether oxygens (including phenoxy) is 1. The molecule has 2 aromatic carbocycles. The summed E-state index contributed by atoms with van der Waals surface area (Å²) in [7, 11) is 0. The highest BCUT2D eigenvalue weighted by molar-refractivity contribution is 5.91. The molecular formula is C19H23N3O3. The summed E-state index contributed by atoms with van der Waals surface area (Å²) < 4.78 is 5.66. The van der Waals surface area contributed by atoms with E-state index in [-0.39, 0.29) is 5.91 Å². The second-order valence-corrected chi connectivity index (χ2v) is 5.74. The number of benzene rings is 2. The van der Waals surface area contributed by atoms with Crippen molar-refractivity contribution < 1.29 is 14.3 Å². The van der Waals surface area contributed by atoms with Gasteiger partial charge in [0.15, 0.2) is 0 Å². The van der Waals surface area contributed by atoms with E-state index >= 15 is 0 Å². The average Bonchev–Trinajstić information content (AvgIpc) is 2.56. The van der Waals surface area contributed by atoms with Crippen LogP contribution in [0.4, 0.5) is 16.2 Å². The van der Waals surface area contributed by atoms with Crippen LogP contribution in [0.5, 0.6) is 5.75 Å². The average molecular weight is 341 g/mol. The third kappa shape index (κ3) is 6.95. The van der Waals surface area contributed by atoms with E-state index in [0.29, 0.717) is 24.4 Å². The Morgan fingerprint density at radius 1 is 1.00 bits per heavy atom. The largest absolute Gasteiger partial charge is 0.494 e. The molecule has 4 N–H and O–H groups in total. The second-order valence-electron chi connectivity index (χ2n) is 5.74. The molecule has 0 aromatic heterocycles. The van der Waals surface area contributed by atoms with Crippen LogP contribution in [0, 0.1) is 6.92 Å². The Labute approximate surface area is 147 Å². The molecular weight excluding hydrogens is 318 g/mol. The Morgan fingerprint density at radius 2 is 1.68 bits per heavy atom. The lowest BCUT2D eigenvalue weighted by molar-refractivity contribution is -0.116. The predicted octanol–water partition coefficient (Wildman–Crippen LogP) is 3.67. The Kier molecular flexibility index (Phi) is 6.83. The maximum Gasteiger partial charge on any atom is 0.316 e. The van der Waals surface area contributed by atoms with Crippen molar-refractivity contribution in [1.82, 2.24) is 0 Å². The van der Waals surface area contributed by atoms with Gasteiger partial charge in [-0.3, -0.25) is 4.79 Å². The van der Waals surface area contributed by atoms with E-state index in [4.69, 9.17) is 10.5 Å². The molecule has 0 unspecified atom stereocenters. The number of unbranched alkanes of at least 4 members (excludes halogenated alkanes) is 1. The summed E-state index contributed by atoms with van der Waals surface area (Å²) in [6.07, 6.45) is 1.99. The van der Waals surface area contributed by atoms with Crippen molar-refractivity contribution in [3.05, 3.63) is 54.1 Å². The Balaban J connectivity index is 1.64. The summed E-state index contributed by atoms with van der Waals surface area (Å²) in [4.78, 5) is 22.7. The number of nitrogens with two attached hydrogens (primary N) is 1. The van der Waals surface area contributed by atoms with Gasteiger partial charge in [0, 0.05) is 17.8 Å². The van der Waals surface area contributed by atoms with E-state index < -0.39 is 6.03 Å². The van der Waals surface area contributed by atoms with Crippen LogP contribution >= 0.6 is 0 Å². The summed E-state index contributed by atoms with van der Waals surface area (Å²) in [5.74, 6) is 0.806. The number of amides is 3. The molecule has 0 spiro atoms. The summed E-state index contributed by atoms with van der Waals surface area (Å²) in [6.45, 7) is 2.61. The fourth-order valence-corrected chi connectivity index (χ4v) is 2.29. The number of hydrogen-bond donors (Lipinski definition) is 3. The zero-order chi connectivity index (χ0) is 18.1. The van der Waals surface area contributed by atoms with Gasteiger partial charge in [-0.25, -0.2) is 4.79 Å². The van der Waals surface area contributed by atoms with Gasteiger partial charge in [0.25, 0.3) is 0 Å². The number of rotatable bonds is 8. The topological polar surface area (TPSA) is 93.4 Å². The molecule has 0 aliphatic carbocycles. The minimum atomic E-state index is -0.621. The van der Waals surface area contributed by atoms with Crippen LogP contribution < -0.4 is 21.1 Å². The summed E-state index contributed by atoms with van der Waals surface area (Å²) in [5, 5.41) is 5.28. The lowest BCUT2D eigenvalue weighted by Crippen LogP contribution is -2.19. The monoisotopic (exact) mass is 341 g/mol. The first-order chi connectivity index (χ1) is 12.0. The Bertz CT molecular complexity index is 714. The van der Waals surface area contributed by atoms with Gasteiger partial charge in [-0.15, -0.1) is 0 Å². The van der Waals surface area contributed by atoms with Gasteiger partial charge in [0.2, 0.25) is 5.91 Å². The van der Waals surface area contributed by atoms with Gasteiger partial charge < -0.3 is 21.1 Å². The number of urea groups is 1. The lowest BCUT2D eigenvalue weighted by atomic mass is 10.2. The van der Waals surface area contributed by atoms with E-state index in [1.807, 2.05) is 31.2 Å². The van der Waals surface area contributed by atoms with Crippen LogP contribution in [0.15, 0.2) is 48.5 Å². The van der Waals surface area contributed by atoms with Crippen molar-refractivity contribution >= 4 is 23.3 Å². The fourth-order valence-electron chi connectivity index (χ4n) is 2.29. The molecule has 0 saturated carbocycles. The molecule has 2 rings (SSSR count). The molecule has 0 heterocycles. The molecule has 3 amide bonds. The fraction of sp³-hybridized carbons (Fsp3) is 0.263. The van der Waals surface area contributed by atoms with E-state index in [9.17, 15) is 9.59 Å². The summed E-state index contributed by atoms with van der Waals surface area (Å²) in [5.41, 5.74) is 7.46. The smallest absolute Gasteiger partial charge is 0.316 e. The van der Waals surface area contributed by atoms with Gasteiger partial charge in [-0.1, -0.05) is 12.1 Å². The highest BCUT2D eigenvalue weighted by Gasteiger charge is 2.03. The van der Waals surface area contributed by atoms with Crippen molar-refractivity contribution in [2.24, 2.45) is 5.73 Å². The Morgan fingerprint density at radius 3 is 2.32 bits per heavy atom. The van der Waals surface area contributed by atoms with Crippen LogP contribution in [0.25, 0.3) is 0 Å². The van der Waals surface area contributed by atoms with Crippen molar-refractivity contribution in [2.45, 2.75) is 26.2 Å². The standard InChI is InChI=1S/C19H23N3O3/c1-14-5-4-6-17(13-14)25-12-3-2-7-18(23)21-15-8-10-16(11-9-15)22-19(20)24/h4-6,8-11,13H,2-3,7,12H2,1H3,(H,21,23)(H3,20,22,24). The first kappa shape index (κ1) is 18.3. The normalized spacial score (nSPS) is 10.1. The number of nitrogens with one attached hydrogen (secondary N) is 2. The van der Waals surface area contributed by atoms with Gasteiger partial charge in [0.05, 0.1) is 6.61 Å². The molecule has 0 radical (unpaired) electrons. The maximum absolute atomic E-state index is 11.9. The third-order valence-corrected chi connectivity index (χ3v) is 3.49. The number of hydrogen-bond acceptors (Lipinski definition) is 3. The SMILES string of the molecule is Cc1cccc(OCCCCC(=O)Nc2ccc(NC(N)=O)cc2)c1. The zero-order valence-electron chi connectivity index (χ0n) is 14.2. The Hall–Kier alpha value is -3.02. The van der Waals surface area contributed by atoms with Crippen LogP contribution in [-0.2, 0) is 4.79 Å². The number of carbonyl (C=O) groups excluding carboxylic acids is 2. The first-order valence-corrected chi connectivity index (χ1v) is 8.19. The van der Waals surface area contributed by atoms with E-state index in [0.717, 1.165) is 24.2 Å². The maximum atomic E-state index is 11.9. The second kappa shape index (κ2) is 9.32. The van der Waals surface area contributed by atoms with Crippen molar-refractivity contribution in [3.8, 4) is 5.75 Å². The van der Waals surface area contributed by atoms with Crippen LogP contribution in [-0.4, -0.2) is 18.5 Å². The van der Waals surface area contributed by atoms with E-state index in [1.165, 1.54) is 0 Å². The van der Waals surface area contributed by atoms with Crippen molar-refractivity contribution in [1.29, 1.82) is 0 Å². The van der Waals surface area contributed by atoms with Gasteiger partial charge in [-0.2, -0.15) is 0 Å². The first-order valence-electron chi connectivity index (χ1n) is 8.19. The van der Waals surface area contributed by atoms with Gasteiger partial charge >= 0.3 is 6.03 Å². The predicted molar refractivity (Wildman–Crippen MR) is 98.8 cm³/mol. The quantitative estimate of drug-likeness (QED) is 0.639. The van der Waals surface area contributed by atoms with Crippen LogP contribution in [0.3, 0.4) is 0 Å². The number of aryl methyl sites for hydroxylation is 1. The van der Waals surface area contributed by atoms with Gasteiger partial charge in [-0.05, 0) is 61.7 Å². The van der Waals surface area contributed by atoms with E-state index in [1.54, 1.807) is 24.3 Å². The molecule has 25 heavy (non-hydrogen) atoms. The molecule has 0 aliphatic heterocycles. The highest BCUT2D eigenvalue weighted by atomic mass is 16.5. The molecule has 6 heteroatoms. The molecule has 0 atom stereocenters. The lowest BCUT2D eigenvalue weighted by Gasteiger charge is -2.08. The third-order valence-electron chi connectivity index (χ3n) is 3.49. The molecule has 0 fully saturated rings. The molecule has 132 valence electrons. The van der Waals surface area contributed by atoms with E-state index in [2.05, 4.69) is 10.6 Å². The molecule has 0 aliphatic rings. The zero-order valence-corrected chi connectivity index (χ0v) is 14.2. The van der Waals surface area contributed by atoms with Gasteiger partial charge in [0.1, 0.15) is 5.75 Å². The number of carbonyl (C=O) groups is 2. The number of anilines is 2. The van der Waals surface area contributed by atoms with Crippen molar-refractivity contribution in [3.63, 3.8) is 0 Å². The molecule has 0 saturated heterocycles. The molecule has 2 aromatic rings. The summed E-state index contributed by atoms with van der Waals surface area (Å²) >= 11 is 0. The van der Waals surface area contributed by atoms with Crippen molar-refractivity contribution in [2.75, 3.05) is 17.2 Å². The molecule has 0 bridgehead atoms.